The highest BCUT2D eigenvalue weighted by atomic mass is 32.1. The number of aryl methyl sites for hydroxylation is 3. The fourth-order valence-electron chi connectivity index (χ4n) is 2.75. The molecule has 0 aliphatic rings. The van der Waals surface area contributed by atoms with E-state index in [9.17, 15) is 14.4 Å². The Morgan fingerprint density at radius 1 is 0.906 bits per heavy atom. The summed E-state index contributed by atoms with van der Waals surface area (Å²) in [5.41, 5.74) is 8.72. The van der Waals surface area contributed by atoms with Crippen molar-refractivity contribution in [2.75, 3.05) is 11.9 Å². The molecule has 0 bridgehead atoms. The minimum absolute atomic E-state index is 0.00458. The summed E-state index contributed by atoms with van der Waals surface area (Å²) in [7, 11) is 0. The van der Waals surface area contributed by atoms with E-state index in [0.29, 0.717) is 11.4 Å². The third-order valence-electron chi connectivity index (χ3n) is 4.51. The maximum Gasteiger partial charge on any atom is 0.264 e. The van der Waals surface area contributed by atoms with Gasteiger partial charge in [0.1, 0.15) is 5.75 Å². The van der Waals surface area contributed by atoms with Crippen LogP contribution in [-0.4, -0.2) is 29.4 Å². The van der Waals surface area contributed by atoms with Gasteiger partial charge in [-0.25, -0.2) is 0 Å². The van der Waals surface area contributed by atoms with Crippen LogP contribution in [0.25, 0.3) is 0 Å². The molecule has 8 nitrogen and oxygen atoms in total. The number of ether oxygens (including phenoxy) is 1. The second-order valence-electron chi connectivity index (χ2n) is 7.20. The monoisotopic (exact) mass is 456 g/mol. The summed E-state index contributed by atoms with van der Waals surface area (Å²) >= 11 is 4.97. The van der Waals surface area contributed by atoms with E-state index in [1.807, 2.05) is 44.2 Å². The van der Waals surface area contributed by atoms with Crippen LogP contribution in [-0.2, 0) is 20.8 Å². The molecule has 0 aromatic heterocycles. The van der Waals surface area contributed by atoms with Crippen molar-refractivity contribution < 1.29 is 19.1 Å². The van der Waals surface area contributed by atoms with Gasteiger partial charge in [0.25, 0.3) is 5.91 Å². The normalized spacial score (nSPS) is 10.1. The number of carbonyl (C=O) groups excluding carboxylic acids is 3. The van der Waals surface area contributed by atoms with Crippen molar-refractivity contribution in [1.29, 1.82) is 0 Å². The lowest BCUT2D eigenvalue weighted by molar-refractivity contribution is -0.125. The Morgan fingerprint density at radius 3 is 2.25 bits per heavy atom. The number of hydrogen-bond acceptors (Lipinski definition) is 5. The molecule has 0 atom stereocenters. The Labute approximate surface area is 193 Å². The number of anilines is 1. The van der Waals surface area contributed by atoms with Gasteiger partial charge in [0.15, 0.2) is 11.7 Å². The SMILES string of the molecule is CCc1ccc(OCC(=O)NC(=S)NNC(=O)CCC(=O)Nc2ccc(C)cc2C)cc1. The molecule has 2 aromatic carbocycles. The number of carbonyl (C=O) groups is 3. The van der Waals surface area contributed by atoms with Gasteiger partial charge < -0.3 is 10.1 Å². The van der Waals surface area contributed by atoms with E-state index in [1.165, 1.54) is 5.56 Å². The first kappa shape index (κ1) is 24.8. The van der Waals surface area contributed by atoms with Crippen LogP contribution in [0.15, 0.2) is 42.5 Å². The van der Waals surface area contributed by atoms with Crippen LogP contribution in [0.3, 0.4) is 0 Å². The number of nitrogens with one attached hydrogen (secondary N) is 4. The molecular weight excluding hydrogens is 428 g/mol. The predicted molar refractivity (Wildman–Crippen MR) is 127 cm³/mol. The highest BCUT2D eigenvalue weighted by molar-refractivity contribution is 7.80. The Bertz CT molecular complexity index is 976. The van der Waals surface area contributed by atoms with Gasteiger partial charge in [-0.05, 0) is 61.8 Å². The molecule has 170 valence electrons. The van der Waals surface area contributed by atoms with Crippen LogP contribution in [0.1, 0.15) is 36.5 Å². The zero-order valence-corrected chi connectivity index (χ0v) is 19.2. The van der Waals surface area contributed by atoms with Crippen molar-refractivity contribution in [3.05, 3.63) is 59.2 Å². The lowest BCUT2D eigenvalue weighted by Crippen LogP contribution is -2.49. The van der Waals surface area contributed by atoms with Crippen molar-refractivity contribution in [1.82, 2.24) is 16.2 Å². The standard InChI is InChI=1S/C23H28N4O4S/c1-4-17-6-8-18(9-7-17)31-14-22(30)25-23(32)27-26-21(29)12-11-20(28)24-19-10-5-15(2)13-16(19)3/h5-10,13H,4,11-12,14H2,1-3H3,(H,24,28)(H,26,29)(H2,25,27,30,32). The molecule has 0 heterocycles. The Balaban J connectivity index is 1.63. The Kier molecular flexibility index (Phi) is 9.62. The molecule has 0 saturated carbocycles. The summed E-state index contributed by atoms with van der Waals surface area (Å²) in [5, 5.41) is 5.10. The summed E-state index contributed by atoms with van der Waals surface area (Å²) < 4.78 is 5.39. The fourth-order valence-corrected chi connectivity index (χ4v) is 2.91. The van der Waals surface area contributed by atoms with Crippen LogP contribution in [0.4, 0.5) is 5.69 Å². The van der Waals surface area contributed by atoms with Crippen molar-refractivity contribution in [2.24, 2.45) is 0 Å². The summed E-state index contributed by atoms with van der Waals surface area (Å²) in [6.45, 7) is 5.71. The Morgan fingerprint density at radius 2 is 1.59 bits per heavy atom. The van der Waals surface area contributed by atoms with E-state index in [0.717, 1.165) is 17.5 Å². The largest absolute Gasteiger partial charge is 0.484 e. The maximum absolute atomic E-state index is 12.1. The summed E-state index contributed by atoms with van der Waals surface area (Å²) in [6.07, 6.45) is 0.880. The molecule has 0 aliphatic carbocycles. The van der Waals surface area contributed by atoms with E-state index in [2.05, 4.69) is 28.4 Å². The second-order valence-corrected chi connectivity index (χ2v) is 7.61. The van der Waals surface area contributed by atoms with Crippen LogP contribution in [0.2, 0.25) is 0 Å². The first-order valence-electron chi connectivity index (χ1n) is 10.2. The zero-order chi connectivity index (χ0) is 23.5. The smallest absolute Gasteiger partial charge is 0.264 e. The average Bonchev–Trinajstić information content (AvgIpc) is 2.77. The molecule has 0 aliphatic heterocycles. The second kappa shape index (κ2) is 12.4. The highest BCUT2D eigenvalue weighted by Gasteiger charge is 2.10. The Hall–Kier alpha value is -3.46. The first-order valence-corrected chi connectivity index (χ1v) is 10.6. The van der Waals surface area contributed by atoms with Crippen LogP contribution in [0, 0.1) is 13.8 Å². The zero-order valence-electron chi connectivity index (χ0n) is 18.4. The number of benzene rings is 2. The van der Waals surface area contributed by atoms with Gasteiger partial charge in [0.2, 0.25) is 11.8 Å². The van der Waals surface area contributed by atoms with E-state index in [1.54, 1.807) is 12.1 Å². The summed E-state index contributed by atoms with van der Waals surface area (Å²) in [6, 6.07) is 13.1. The van der Waals surface area contributed by atoms with E-state index < -0.39 is 11.8 Å². The molecule has 0 spiro atoms. The van der Waals surface area contributed by atoms with E-state index in [-0.39, 0.29) is 30.5 Å². The first-order chi connectivity index (χ1) is 15.3. The maximum atomic E-state index is 12.1. The minimum Gasteiger partial charge on any atom is -0.484 e. The molecular formula is C23H28N4O4S. The molecule has 2 aromatic rings. The van der Waals surface area contributed by atoms with Crippen molar-refractivity contribution >= 4 is 40.7 Å². The number of amides is 3. The molecule has 9 heteroatoms. The molecule has 0 radical (unpaired) electrons. The molecule has 32 heavy (non-hydrogen) atoms. The molecule has 4 N–H and O–H groups in total. The van der Waals surface area contributed by atoms with Crippen LogP contribution >= 0.6 is 12.2 Å². The topological polar surface area (TPSA) is 109 Å². The quantitative estimate of drug-likeness (QED) is 0.359. The highest BCUT2D eigenvalue weighted by Crippen LogP contribution is 2.16. The van der Waals surface area contributed by atoms with E-state index >= 15 is 0 Å². The lowest BCUT2D eigenvalue weighted by Gasteiger charge is -2.12. The van der Waals surface area contributed by atoms with Gasteiger partial charge in [-0.15, -0.1) is 0 Å². The lowest BCUT2D eigenvalue weighted by atomic mass is 10.1. The third kappa shape index (κ3) is 8.73. The summed E-state index contributed by atoms with van der Waals surface area (Å²) in [4.78, 5) is 35.9. The van der Waals surface area contributed by atoms with Gasteiger partial charge in [0.05, 0.1) is 0 Å². The fraction of sp³-hybridized carbons (Fsp3) is 0.304. The van der Waals surface area contributed by atoms with Gasteiger partial charge in [0, 0.05) is 18.5 Å². The number of thiocarbonyl (C=S) groups is 1. The molecule has 0 fully saturated rings. The van der Waals surface area contributed by atoms with Gasteiger partial charge >= 0.3 is 0 Å². The number of hydrazine groups is 1. The van der Waals surface area contributed by atoms with Crippen molar-refractivity contribution in [3.8, 4) is 5.75 Å². The minimum atomic E-state index is -0.468. The van der Waals surface area contributed by atoms with Crippen LogP contribution < -0.4 is 26.2 Å². The van der Waals surface area contributed by atoms with Crippen LogP contribution in [0.5, 0.6) is 5.75 Å². The number of hydrogen-bond donors (Lipinski definition) is 4. The summed E-state index contributed by atoms with van der Waals surface area (Å²) in [5.74, 6) is -0.607. The third-order valence-corrected chi connectivity index (χ3v) is 4.71. The van der Waals surface area contributed by atoms with Gasteiger partial charge in [-0.2, -0.15) is 0 Å². The van der Waals surface area contributed by atoms with Gasteiger partial charge in [-0.3, -0.25) is 30.6 Å². The molecule has 0 saturated heterocycles. The number of rotatable bonds is 8. The molecule has 0 unspecified atom stereocenters. The molecule has 2 rings (SSSR count). The van der Waals surface area contributed by atoms with E-state index in [4.69, 9.17) is 17.0 Å². The van der Waals surface area contributed by atoms with Crippen molar-refractivity contribution in [2.45, 2.75) is 40.0 Å². The average molecular weight is 457 g/mol. The van der Waals surface area contributed by atoms with Crippen molar-refractivity contribution in [3.63, 3.8) is 0 Å². The predicted octanol–water partition coefficient (Wildman–Crippen LogP) is 2.69. The molecule has 3 amide bonds. The van der Waals surface area contributed by atoms with Gasteiger partial charge in [-0.1, -0.05) is 36.8 Å².